The third-order valence-corrected chi connectivity index (χ3v) is 3.02. The maximum absolute atomic E-state index is 13.7. The van der Waals surface area contributed by atoms with Crippen molar-refractivity contribution in [2.75, 3.05) is 5.32 Å². The van der Waals surface area contributed by atoms with Gasteiger partial charge in [0, 0.05) is 5.69 Å². The first kappa shape index (κ1) is 11.6. The highest BCUT2D eigenvalue weighted by atomic mass is 19.1. The molecule has 19 heavy (non-hydrogen) atoms. The van der Waals surface area contributed by atoms with E-state index in [1.165, 1.54) is 18.2 Å². The Morgan fingerprint density at radius 3 is 2.53 bits per heavy atom. The van der Waals surface area contributed by atoms with Crippen LogP contribution in [-0.4, -0.2) is 5.84 Å². The average Bonchev–Trinajstić information content (AvgIpc) is 2.39. The summed E-state index contributed by atoms with van der Waals surface area (Å²) >= 11 is 0. The molecule has 0 saturated carbocycles. The maximum Gasteiger partial charge on any atom is 0.147 e. The van der Waals surface area contributed by atoms with Crippen LogP contribution in [0.25, 0.3) is 0 Å². The first-order valence-corrected chi connectivity index (χ1v) is 5.79. The zero-order chi connectivity index (χ0) is 13.4. The molecule has 0 spiro atoms. The Kier molecular flexibility index (Phi) is 2.67. The molecule has 0 amide bonds. The van der Waals surface area contributed by atoms with Crippen molar-refractivity contribution in [2.45, 2.75) is 6.17 Å². The van der Waals surface area contributed by atoms with Crippen LogP contribution in [0.4, 0.5) is 14.5 Å². The minimum absolute atomic E-state index is 0.140. The van der Waals surface area contributed by atoms with E-state index in [2.05, 4.69) is 10.3 Å². The molecule has 2 aromatic rings. The molecule has 3 N–H and O–H groups in total. The van der Waals surface area contributed by atoms with Crippen molar-refractivity contribution >= 4 is 11.5 Å². The summed E-state index contributed by atoms with van der Waals surface area (Å²) in [5, 5.41) is 3.07. The number of hydrogen-bond acceptors (Lipinski definition) is 3. The number of anilines is 1. The van der Waals surface area contributed by atoms with Crippen LogP contribution >= 0.6 is 0 Å². The molecular formula is C14H11F2N3. The number of fused-ring (bicyclic) bond motifs is 1. The Bertz CT molecular complexity index is 650. The molecule has 2 aromatic carbocycles. The molecule has 0 aliphatic carbocycles. The largest absolute Gasteiger partial charge is 0.383 e. The second kappa shape index (κ2) is 4.35. The molecule has 1 aliphatic heterocycles. The van der Waals surface area contributed by atoms with Crippen molar-refractivity contribution in [3.05, 3.63) is 65.2 Å². The van der Waals surface area contributed by atoms with E-state index in [-0.39, 0.29) is 17.2 Å². The normalized spacial score (nSPS) is 17.4. The molecule has 0 saturated heterocycles. The third-order valence-electron chi connectivity index (χ3n) is 3.02. The van der Waals surface area contributed by atoms with Crippen LogP contribution in [-0.2, 0) is 0 Å². The van der Waals surface area contributed by atoms with Crippen molar-refractivity contribution in [3.8, 4) is 0 Å². The molecule has 0 unspecified atom stereocenters. The highest BCUT2D eigenvalue weighted by Gasteiger charge is 2.22. The Morgan fingerprint density at radius 1 is 1.05 bits per heavy atom. The molecule has 3 rings (SSSR count). The number of rotatable bonds is 1. The van der Waals surface area contributed by atoms with Gasteiger partial charge in [0.1, 0.15) is 23.6 Å². The average molecular weight is 259 g/mol. The van der Waals surface area contributed by atoms with E-state index in [1.807, 2.05) is 0 Å². The Hall–Kier alpha value is -2.43. The third kappa shape index (κ3) is 2.03. The van der Waals surface area contributed by atoms with Crippen LogP contribution in [0.15, 0.2) is 47.5 Å². The van der Waals surface area contributed by atoms with Crippen LogP contribution in [0.2, 0.25) is 0 Å². The summed E-state index contributed by atoms with van der Waals surface area (Å²) in [5.74, 6) is -0.590. The van der Waals surface area contributed by atoms with Gasteiger partial charge < -0.3 is 11.1 Å². The SMILES string of the molecule is NC1=N[C@@H](c2ccc(F)cc2)Nc2cccc(F)c21. The summed E-state index contributed by atoms with van der Waals surface area (Å²) in [6.07, 6.45) is -0.435. The molecule has 0 aromatic heterocycles. The van der Waals surface area contributed by atoms with Gasteiger partial charge in [-0.15, -0.1) is 0 Å². The minimum Gasteiger partial charge on any atom is -0.383 e. The number of aliphatic imine (C=N–C) groups is 1. The minimum atomic E-state index is -0.435. The quantitative estimate of drug-likeness (QED) is 0.827. The molecule has 0 fully saturated rings. The van der Waals surface area contributed by atoms with Crippen molar-refractivity contribution in [1.82, 2.24) is 0 Å². The highest BCUT2D eigenvalue weighted by Crippen LogP contribution is 2.30. The topological polar surface area (TPSA) is 50.4 Å². The lowest BCUT2D eigenvalue weighted by molar-refractivity contribution is 0.622. The van der Waals surface area contributed by atoms with Gasteiger partial charge in [-0.05, 0) is 29.8 Å². The predicted octanol–water partition coefficient (Wildman–Crippen LogP) is 2.79. The van der Waals surface area contributed by atoms with Gasteiger partial charge in [0.05, 0.1) is 5.56 Å². The predicted molar refractivity (Wildman–Crippen MR) is 69.9 cm³/mol. The zero-order valence-electron chi connectivity index (χ0n) is 9.90. The number of halogens is 2. The number of benzene rings is 2. The van der Waals surface area contributed by atoms with Crippen LogP contribution in [0.3, 0.4) is 0 Å². The zero-order valence-corrected chi connectivity index (χ0v) is 9.90. The fraction of sp³-hybridized carbons (Fsp3) is 0.0714. The van der Waals surface area contributed by atoms with Crippen molar-refractivity contribution < 1.29 is 8.78 Å². The van der Waals surface area contributed by atoms with Crippen molar-refractivity contribution in [2.24, 2.45) is 10.7 Å². The monoisotopic (exact) mass is 259 g/mol. The van der Waals surface area contributed by atoms with Crippen LogP contribution in [0.1, 0.15) is 17.3 Å². The van der Waals surface area contributed by atoms with Gasteiger partial charge >= 0.3 is 0 Å². The smallest absolute Gasteiger partial charge is 0.147 e. The maximum atomic E-state index is 13.7. The molecule has 1 heterocycles. The number of nitrogens with one attached hydrogen (secondary N) is 1. The molecule has 3 nitrogen and oxygen atoms in total. The van der Waals surface area contributed by atoms with Gasteiger partial charge in [-0.2, -0.15) is 0 Å². The van der Waals surface area contributed by atoms with E-state index >= 15 is 0 Å². The second-order valence-corrected chi connectivity index (χ2v) is 4.28. The van der Waals surface area contributed by atoms with Gasteiger partial charge in [0.25, 0.3) is 0 Å². The van der Waals surface area contributed by atoms with E-state index in [4.69, 9.17) is 5.73 Å². The molecular weight excluding hydrogens is 248 g/mol. The Morgan fingerprint density at radius 2 is 1.79 bits per heavy atom. The Balaban J connectivity index is 2.02. The van der Waals surface area contributed by atoms with Gasteiger partial charge in [-0.25, -0.2) is 13.8 Å². The number of nitrogens with zero attached hydrogens (tertiary/aromatic N) is 1. The fourth-order valence-electron chi connectivity index (χ4n) is 2.09. The van der Waals surface area contributed by atoms with Crippen molar-refractivity contribution in [1.29, 1.82) is 0 Å². The molecule has 1 aliphatic rings. The first-order chi connectivity index (χ1) is 9.15. The van der Waals surface area contributed by atoms with Gasteiger partial charge in [0.2, 0.25) is 0 Å². The lowest BCUT2D eigenvalue weighted by atomic mass is 10.1. The van der Waals surface area contributed by atoms with Crippen LogP contribution in [0.5, 0.6) is 0 Å². The molecule has 1 atom stereocenters. The number of hydrogen-bond donors (Lipinski definition) is 2. The molecule has 0 radical (unpaired) electrons. The highest BCUT2D eigenvalue weighted by molar-refractivity contribution is 6.04. The fourth-order valence-corrected chi connectivity index (χ4v) is 2.09. The van der Waals surface area contributed by atoms with Crippen LogP contribution in [0, 0.1) is 11.6 Å². The van der Waals surface area contributed by atoms with E-state index < -0.39 is 12.0 Å². The summed E-state index contributed by atoms with van der Waals surface area (Å²) in [6.45, 7) is 0. The summed E-state index contributed by atoms with van der Waals surface area (Å²) in [5.41, 5.74) is 7.43. The Labute approximate surface area is 108 Å². The molecule has 96 valence electrons. The summed E-state index contributed by atoms with van der Waals surface area (Å²) in [7, 11) is 0. The standard InChI is InChI=1S/C14H11F2N3/c15-9-6-4-8(5-7-9)14-18-11-3-1-2-10(16)12(11)13(17)19-14/h1-7,14,18H,(H2,17,19)/t14-/m0/s1. The number of amidine groups is 1. The van der Waals surface area contributed by atoms with Gasteiger partial charge in [-0.3, -0.25) is 0 Å². The van der Waals surface area contributed by atoms with E-state index in [1.54, 1.807) is 24.3 Å². The van der Waals surface area contributed by atoms with Crippen LogP contribution < -0.4 is 11.1 Å². The second-order valence-electron chi connectivity index (χ2n) is 4.28. The summed E-state index contributed by atoms with van der Waals surface area (Å²) in [4.78, 5) is 4.21. The van der Waals surface area contributed by atoms with Gasteiger partial charge in [0.15, 0.2) is 0 Å². The van der Waals surface area contributed by atoms with E-state index in [0.717, 1.165) is 5.56 Å². The van der Waals surface area contributed by atoms with E-state index in [9.17, 15) is 8.78 Å². The van der Waals surface area contributed by atoms with Gasteiger partial charge in [-0.1, -0.05) is 18.2 Å². The molecule has 0 bridgehead atoms. The van der Waals surface area contributed by atoms with E-state index in [0.29, 0.717) is 5.69 Å². The molecule has 5 heteroatoms. The van der Waals surface area contributed by atoms with Crippen molar-refractivity contribution in [3.63, 3.8) is 0 Å². The first-order valence-electron chi connectivity index (χ1n) is 5.79. The summed E-state index contributed by atoms with van der Waals surface area (Å²) < 4.78 is 26.5. The lowest BCUT2D eigenvalue weighted by Gasteiger charge is -2.24. The number of nitrogens with two attached hydrogens (primary N) is 1. The summed E-state index contributed by atoms with van der Waals surface area (Å²) in [6, 6.07) is 10.6. The lowest BCUT2D eigenvalue weighted by Crippen LogP contribution is -2.26.